The van der Waals surface area contributed by atoms with Crippen LogP contribution in [-0.4, -0.2) is 54.6 Å². The number of aliphatic imine (C=N–C) groups is 1. The summed E-state index contributed by atoms with van der Waals surface area (Å²) in [7, 11) is 0. The Morgan fingerprint density at radius 1 is 1.10 bits per heavy atom. The van der Waals surface area contributed by atoms with E-state index in [9.17, 15) is 9.59 Å². The normalized spacial score (nSPS) is 20.3. The largest absolute Gasteiger partial charge is 0.446 e. The molecule has 170 valence electrons. The van der Waals surface area contributed by atoms with Gasteiger partial charge in [0.25, 0.3) is 0 Å². The second kappa shape index (κ2) is 11.5. The molecule has 2 aliphatic rings. The Balaban J connectivity index is 1.54. The first-order valence-corrected chi connectivity index (χ1v) is 11.2. The fourth-order valence-corrected chi connectivity index (χ4v) is 4.05. The molecule has 31 heavy (non-hydrogen) atoms. The van der Waals surface area contributed by atoms with Crippen LogP contribution in [0.15, 0.2) is 29.3 Å². The number of benzene rings is 1. The van der Waals surface area contributed by atoms with E-state index in [1.54, 1.807) is 17.0 Å². The predicted octanol–water partition coefficient (Wildman–Crippen LogP) is 1.73. The predicted molar refractivity (Wildman–Crippen MR) is 120 cm³/mol. The molecule has 9 nitrogen and oxygen atoms in total. The van der Waals surface area contributed by atoms with Crippen molar-refractivity contribution >= 4 is 23.6 Å². The van der Waals surface area contributed by atoms with Crippen molar-refractivity contribution in [3.63, 3.8) is 0 Å². The first-order chi connectivity index (χ1) is 15.0. The number of nitrogens with two attached hydrogens (primary N) is 2. The van der Waals surface area contributed by atoms with Gasteiger partial charge in [0.05, 0.1) is 5.69 Å². The van der Waals surface area contributed by atoms with Crippen LogP contribution in [0.5, 0.6) is 0 Å². The molecule has 1 atom stereocenters. The van der Waals surface area contributed by atoms with Crippen molar-refractivity contribution < 1.29 is 14.3 Å². The second-order valence-electron chi connectivity index (χ2n) is 8.19. The Morgan fingerprint density at radius 3 is 2.45 bits per heavy atom. The smallest absolute Gasteiger partial charge is 0.410 e. The van der Waals surface area contributed by atoms with Gasteiger partial charge < -0.3 is 26.8 Å². The number of hydrogen-bond acceptors (Lipinski definition) is 5. The lowest BCUT2D eigenvalue weighted by molar-refractivity contribution is -0.126. The van der Waals surface area contributed by atoms with Gasteiger partial charge in [-0.2, -0.15) is 0 Å². The molecule has 2 amide bonds. The SMILES string of the molecule is NC(N)=Nc1ccc(CNC(=O)C2CNCCN2C(=O)OC2CCCCCCC2)cc1. The van der Waals surface area contributed by atoms with Crippen LogP contribution in [-0.2, 0) is 16.1 Å². The Morgan fingerprint density at radius 2 is 1.77 bits per heavy atom. The standard InChI is InChI=1S/C22H34N6O3/c23-21(24)27-17-10-8-16(9-11-17)14-26-20(29)19-15-25-12-13-28(19)22(30)31-18-6-4-2-1-3-5-7-18/h8-11,18-19,25H,1-7,12-15H2,(H,26,29)(H4,23,24,27). The molecule has 1 aliphatic heterocycles. The van der Waals surface area contributed by atoms with Crippen LogP contribution in [0.2, 0.25) is 0 Å². The highest BCUT2D eigenvalue weighted by Gasteiger charge is 2.34. The van der Waals surface area contributed by atoms with Crippen molar-refractivity contribution in [2.45, 2.75) is 63.6 Å². The van der Waals surface area contributed by atoms with E-state index in [1.165, 1.54) is 19.3 Å². The lowest BCUT2D eigenvalue weighted by Gasteiger charge is -2.35. The second-order valence-corrected chi connectivity index (χ2v) is 8.19. The van der Waals surface area contributed by atoms with Gasteiger partial charge in [-0.1, -0.05) is 31.4 Å². The number of ether oxygens (including phenoxy) is 1. The quantitative estimate of drug-likeness (QED) is 0.415. The molecule has 1 aliphatic carbocycles. The molecular weight excluding hydrogens is 396 g/mol. The van der Waals surface area contributed by atoms with Crippen molar-refractivity contribution in [2.75, 3.05) is 19.6 Å². The lowest BCUT2D eigenvalue weighted by Crippen LogP contribution is -2.59. The summed E-state index contributed by atoms with van der Waals surface area (Å²) >= 11 is 0. The molecule has 0 spiro atoms. The van der Waals surface area contributed by atoms with Crippen molar-refractivity contribution in [3.05, 3.63) is 29.8 Å². The topological polar surface area (TPSA) is 135 Å². The summed E-state index contributed by atoms with van der Waals surface area (Å²) in [5, 5.41) is 6.12. The molecule has 3 rings (SSSR count). The number of hydrogen-bond donors (Lipinski definition) is 4. The van der Waals surface area contributed by atoms with Gasteiger partial charge in [-0.25, -0.2) is 9.79 Å². The number of nitrogens with one attached hydrogen (secondary N) is 2. The first kappa shape index (κ1) is 22.9. The summed E-state index contributed by atoms with van der Waals surface area (Å²) in [6, 6.07) is 6.67. The van der Waals surface area contributed by atoms with Crippen LogP contribution in [0.3, 0.4) is 0 Å². The highest BCUT2D eigenvalue weighted by Crippen LogP contribution is 2.21. The van der Waals surface area contributed by atoms with Crippen molar-refractivity contribution in [3.8, 4) is 0 Å². The van der Waals surface area contributed by atoms with Crippen molar-refractivity contribution in [2.24, 2.45) is 16.5 Å². The maximum absolute atomic E-state index is 12.8. The molecule has 0 aromatic heterocycles. The molecule has 2 fully saturated rings. The molecule has 1 saturated carbocycles. The average Bonchev–Trinajstić information content (AvgIpc) is 2.74. The van der Waals surface area contributed by atoms with Crippen molar-refractivity contribution in [1.82, 2.24) is 15.5 Å². The number of carbonyl (C=O) groups excluding carboxylic acids is 2. The summed E-state index contributed by atoms with van der Waals surface area (Å²) in [6.07, 6.45) is 7.21. The minimum Gasteiger partial charge on any atom is -0.446 e. The Labute approximate surface area is 183 Å². The van der Waals surface area contributed by atoms with E-state index in [2.05, 4.69) is 15.6 Å². The molecule has 1 saturated heterocycles. The van der Waals surface area contributed by atoms with Gasteiger partial charge in [-0.3, -0.25) is 9.69 Å². The van der Waals surface area contributed by atoms with Crippen LogP contribution in [0.1, 0.15) is 50.5 Å². The van der Waals surface area contributed by atoms with Crippen LogP contribution in [0, 0.1) is 0 Å². The number of rotatable bonds is 5. The minimum atomic E-state index is -0.587. The molecular formula is C22H34N6O3. The van der Waals surface area contributed by atoms with Crippen LogP contribution >= 0.6 is 0 Å². The summed E-state index contributed by atoms with van der Waals surface area (Å²) in [5.41, 5.74) is 12.3. The maximum atomic E-state index is 12.8. The Hall–Kier alpha value is -2.81. The average molecular weight is 431 g/mol. The number of nitrogens with zero attached hydrogens (tertiary/aromatic N) is 2. The molecule has 1 aromatic rings. The third-order valence-electron chi connectivity index (χ3n) is 5.76. The summed E-state index contributed by atoms with van der Waals surface area (Å²) in [5.74, 6) is -0.202. The van der Waals surface area contributed by atoms with E-state index in [-0.39, 0.29) is 24.1 Å². The zero-order valence-electron chi connectivity index (χ0n) is 18.0. The molecule has 0 bridgehead atoms. The third-order valence-corrected chi connectivity index (χ3v) is 5.76. The van der Waals surface area contributed by atoms with Gasteiger partial charge >= 0.3 is 6.09 Å². The van der Waals surface area contributed by atoms with Crippen LogP contribution in [0.4, 0.5) is 10.5 Å². The Bertz CT molecular complexity index is 755. The van der Waals surface area contributed by atoms with Gasteiger partial charge in [0.15, 0.2) is 5.96 Å². The lowest BCUT2D eigenvalue weighted by atomic mass is 9.99. The summed E-state index contributed by atoms with van der Waals surface area (Å²) < 4.78 is 5.80. The molecule has 0 radical (unpaired) electrons. The molecule has 9 heteroatoms. The van der Waals surface area contributed by atoms with E-state index in [1.807, 2.05) is 12.1 Å². The van der Waals surface area contributed by atoms with Gasteiger partial charge in [0.2, 0.25) is 5.91 Å². The van der Waals surface area contributed by atoms with Gasteiger partial charge in [-0.05, 0) is 43.4 Å². The maximum Gasteiger partial charge on any atom is 0.410 e. The fraction of sp³-hybridized carbons (Fsp3) is 0.591. The molecule has 6 N–H and O–H groups in total. The third kappa shape index (κ3) is 7.13. The molecule has 1 aromatic carbocycles. The Kier molecular flexibility index (Phi) is 8.52. The fourth-order valence-electron chi connectivity index (χ4n) is 4.05. The summed E-state index contributed by atoms with van der Waals surface area (Å²) in [4.78, 5) is 31.2. The molecule has 1 unspecified atom stereocenters. The zero-order chi connectivity index (χ0) is 22.1. The van der Waals surface area contributed by atoms with Crippen LogP contribution < -0.4 is 22.1 Å². The number of guanidine groups is 1. The van der Waals surface area contributed by atoms with E-state index >= 15 is 0 Å². The number of carbonyl (C=O) groups is 2. The van der Waals surface area contributed by atoms with E-state index < -0.39 is 6.04 Å². The highest BCUT2D eigenvalue weighted by molar-refractivity contribution is 5.86. The number of amides is 2. The van der Waals surface area contributed by atoms with Gasteiger partial charge in [0.1, 0.15) is 12.1 Å². The van der Waals surface area contributed by atoms with Crippen LogP contribution in [0.25, 0.3) is 0 Å². The summed E-state index contributed by atoms with van der Waals surface area (Å²) in [6.45, 7) is 1.87. The van der Waals surface area contributed by atoms with Crippen molar-refractivity contribution in [1.29, 1.82) is 0 Å². The first-order valence-electron chi connectivity index (χ1n) is 11.2. The van der Waals surface area contributed by atoms with E-state index in [0.717, 1.165) is 31.2 Å². The van der Waals surface area contributed by atoms with Gasteiger partial charge in [0, 0.05) is 26.2 Å². The highest BCUT2D eigenvalue weighted by atomic mass is 16.6. The monoisotopic (exact) mass is 430 g/mol. The van der Waals surface area contributed by atoms with E-state index in [0.29, 0.717) is 31.9 Å². The zero-order valence-corrected chi connectivity index (χ0v) is 18.0. The molecule has 1 heterocycles. The minimum absolute atomic E-state index is 0.00256. The number of piperazine rings is 1. The van der Waals surface area contributed by atoms with E-state index in [4.69, 9.17) is 16.2 Å². The van der Waals surface area contributed by atoms with Gasteiger partial charge in [-0.15, -0.1) is 0 Å².